The number of amides is 1. The van der Waals surface area contributed by atoms with Gasteiger partial charge in [-0.3, -0.25) is 4.79 Å². The fourth-order valence-electron chi connectivity index (χ4n) is 1.93. The molecule has 102 valence electrons. The van der Waals surface area contributed by atoms with Gasteiger partial charge in [-0.2, -0.15) is 9.97 Å². The molecule has 1 aromatic heterocycles. The SMILES string of the molecule is Nc1nc(Cl)c(NC=O)c(NC2C=C[C@H](CO)C2)n1. The van der Waals surface area contributed by atoms with Crippen LogP contribution in [0.25, 0.3) is 0 Å². The third-order valence-corrected chi connectivity index (χ3v) is 3.09. The molecular formula is C11H14ClN5O2. The van der Waals surface area contributed by atoms with E-state index in [1.807, 2.05) is 12.2 Å². The van der Waals surface area contributed by atoms with Gasteiger partial charge in [-0.05, 0) is 6.42 Å². The molecular weight excluding hydrogens is 270 g/mol. The molecule has 5 N–H and O–H groups in total. The number of nitrogen functional groups attached to an aromatic ring is 1. The first-order valence-corrected chi connectivity index (χ1v) is 6.10. The Morgan fingerprint density at radius 3 is 2.95 bits per heavy atom. The summed E-state index contributed by atoms with van der Waals surface area (Å²) in [5.41, 5.74) is 5.82. The maximum Gasteiger partial charge on any atom is 0.223 e. The topological polar surface area (TPSA) is 113 Å². The highest BCUT2D eigenvalue weighted by Gasteiger charge is 2.20. The Labute approximate surface area is 114 Å². The van der Waals surface area contributed by atoms with Gasteiger partial charge in [0, 0.05) is 18.6 Å². The normalized spacial score (nSPS) is 21.4. The van der Waals surface area contributed by atoms with E-state index < -0.39 is 0 Å². The molecule has 0 aromatic carbocycles. The predicted molar refractivity (Wildman–Crippen MR) is 72.9 cm³/mol. The van der Waals surface area contributed by atoms with Gasteiger partial charge in [-0.1, -0.05) is 23.8 Å². The number of aliphatic hydroxyl groups excluding tert-OH is 1. The van der Waals surface area contributed by atoms with Crippen molar-refractivity contribution in [3.63, 3.8) is 0 Å². The fourth-order valence-corrected chi connectivity index (χ4v) is 2.16. The van der Waals surface area contributed by atoms with Crippen molar-refractivity contribution in [3.8, 4) is 0 Å². The lowest BCUT2D eigenvalue weighted by Gasteiger charge is -2.16. The Hall–Kier alpha value is -1.86. The van der Waals surface area contributed by atoms with E-state index in [0.717, 1.165) is 6.42 Å². The Kier molecular flexibility index (Phi) is 4.18. The van der Waals surface area contributed by atoms with Gasteiger partial charge in [-0.15, -0.1) is 0 Å². The van der Waals surface area contributed by atoms with Gasteiger partial charge >= 0.3 is 0 Å². The highest BCUT2D eigenvalue weighted by atomic mass is 35.5. The number of nitrogens with one attached hydrogen (secondary N) is 2. The van der Waals surface area contributed by atoms with Crippen LogP contribution in [-0.2, 0) is 4.79 Å². The molecule has 1 aromatic rings. The van der Waals surface area contributed by atoms with Crippen LogP contribution < -0.4 is 16.4 Å². The monoisotopic (exact) mass is 283 g/mol. The number of aliphatic hydroxyl groups is 1. The zero-order chi connectivity index (χ0) is 13.8. The molecule has 1 aliphatic carbocycles. The summed E-state index contributed by atoms with van der Waals surface area (Å²) in [5, 5.41) is 14.7. The smallest absolute Gasteiger partial charge is 0.223 e. The first kappa shape index (κ1) is 13.6. The number of hydrogen-bond donors (Lipinski definition) is 4. The molecule has 1 amide bonds. The number of rotatable bonds is 5. The van der Waals surface area contributed by atoms with E-state index in [9.17, 15) is 4.79 Å². The van der Waals surface area contributed by atoms with E-state index in [1.165, 1.54) is 0 Å². The Morgan fingerprint density at radius 1 is 1.53 bits per heavy atom. The highest BCUT2D eigenvalue weighted by molar-refractivity contribution is 6.33. The number of nitrogens with zero attached hydrogens (tertiary/aromatic N) is 2. The van der Waals surface area contributed by atoms with Gasteiger partial charge < -0.3 is 21.5 Å². The Balaban J connectivity index is 2.19. The summed E-state index contributed by atoms with van der Waals surface area (Å²) in [6.07, 6.45) is 5.08. The molecule has 0 aliphatic heterocycles. The Bertz CT molecular complexity index is 508. The summed E-state index contributed by atoms with van der Waals surface area (Å²) in [5.74, 6) is 0.497. The van der Waals surface area contributed by atoms with Crippen LogP contribution in [0.15, 0.2) is 12.2 Å². The van der Waals surface area contributed by atoms with Crippen LogP contribution >= 0.6 is 11.6 Å². The number of anilines is 3. The average Bonchev–Trinajstić information content (AvgIpc) is 2.81. The molecule has 0 saturated heterocycles. The van der Waals surface area contributed by atoms with Gasteiger partial charge in [0.05, 0.1) is 0 Å². The van der Waals surface area contributed by atoms with Gasteiger partial charge in [0.2, 0.25) is 12.4 Å². The number of carbonyl (C=O) groups excluding carboxylic acids is 1. The minimum absolute atomic E-state index is 0.00489. The van der Waals surface area contributed by atoms with E-state index in [2.05, 4.69) is 20.6 Å². The molecule has 1 heterocycles. The van der Waals surface area contributed by atoms with Crippen molar-refractivity contribution in [2.75, 3.05) is 23.0 Å². The maximum atomic E-state index is 10.6. The molecule has 0 bridgehead atoms. The van der Waals surface area contributed by atoms with E-state index in [4.69, 9.17) is 22.4 Å². The molecule has 0 spiro atoms. The molecule has 0 fully saturated rings. The second-order valence-corrected chi connectivity index (χ2v) is 4.53. The maximum absolute atomic E-state index is 10.6. The second kappa shape index (κ2) is 5.85. The molecule has 2 atom stereocenters. The molecule has 2 rings (SSSR count). The third kappa shape index (κ3) is 3.12. The predicted octanol–water partition coefficient (Wildman–Crippen LogP) is 0.629. The molecule has 19 heavy (non-hydrogen) atoms. The average molecular weight is 284 g/mol. The van der Waals surface area contributed by atoms with Crippen LogP contribution in [0.1, 0.15) is 6.42 Å². The van der Waals surface area contributed by atoms with Crippen molar-refractivity contribution in [2.24, 2.45) is 5.92 Å². The lowest BCUT2D eigenvalue weighted by molar-refractivity contribution is -0.105. The molecule has 7 nitrogen and oxygen atoms in total. The third-order valence-electron chi connectivity index (χ3n) is 2.81. The number of halogens is 1. The van der Waals surface area contributed by atoms with Crippen molar-refractivity contribution >= 4 is 35.5 Å². The minimum atomic E-state index is -0.00489. The standard InChI is InChI=1S/C11H14ClN5O2/c12-9-8(14-5-19)10(17-11(13)16-9)15-7-2-1-6(3-7)4-18/h1-2,5-7,18H,3-4H2,(H,14,19)(H3,13,15,16,17)/t6-,7?/m0/s1. The van der Waals surface area contributed by atoms with E-state index in [0.29, 0.717) is 12.2 Å². The van der Waals surface area contributed by atoms with Crippen molar-refractivity contribution in [3.05, 3.63) is 17.3 Å². The zero-order valence-corrected chi connectivity index (χ0v) is 10.8. The molecule has 1 aliphatic rings. The number of carbonyl (C=O) groups is 1. The van der Waals surface area contributed by atoms with Gasteiger partial charge in [0.1, 0.15) is 5.69 Å². The summed E-state index contributed by atoms with van der Waals surface area (Å²) in [6, 6.07) is -0.00489. The first-order chi connectivity index (χ1) is 9.13. The van der Waals surface area contributed by atoms with Crippen LogP contribution in [0.2, 0.25) is 5.15 Å². The summed E-state index contributed by atoms with van der Waals surface area (Å²) in [4.78, 5) is 18.4. The largest absolute Gasteiger partial charge is 0.396 e. The van der Waals surface area contributed by atoms with Crippen molar-refractivity contribution in [1.82, 2.24) is 9.97 Å². The lowest BCUT2D eigenvalue weighted by Crippen LogP contribution is -2.19. The van der Waals surface area contributed by atoms with Crippen LogP contribution in [0.5, 0.6) is 0 Å². The molecule has 0 saturated carbocycles. The van der Waals surface area contributed by atoms with E-state index >= 15 is 0 Å². The van der Waals surface area contributed by atoms with Crippen LogP contribution in [-0.4, -0.2) is 34.1 Å². The van der Waals surface area contributed by atoms with Gasteiger partial charge in [0.15, 0.2) is 11.0 Å². The summed E-state index contributed by atoms with van der Waals surface area (Å²) in [7, 11) is 0. The van der Waals surface area contributed by atoms with Crippen molar-refractivity contribution in [2.45, 2.75) is 12.5 Å². The van der Waals surface area contributed by atoms with Crippen molar-refractivity contribution < 1.29 is 9.90 Å². The highest BCUT2D eigenvalue weighted by Crippen LogP contribution is 2.30. The van der Waals surface area contributed by atoms with Crippen molar-refractivity contribution in [1.29, 1.82) is 0 Å². The fraction of sp³-hybridized carbons (Fsp3) is 0.364. The van der Waals surface area contributed by atoms with Gasteiger partial charge in [-0.25, -0.2) is 0 Å². The molecule has 0 radical (unpaired) electrons. The summed E-state index contributed by atoms with van der Waals surface area (Å²) in [6.45, 7) is 0.0980. The van der Waals surface area contributed by atoms with E-state index in [-0.39, 0.29) is 35.4 Å². The number of nitrogens with two attached hydrogens (primary N) is 1. The first-order valence-electron chi connectivity index (χ1n) is 5.73. The molecule has 1 unspecified atom stereocenters. The quantitative estimate of drug-likeness (QED) is 0.358. The van der Waals surface area contributed by atoms with E-state index in [1.54, 1.807) is 0 Å². The number of hydrogen-bond acceptors (Lipinski definition) is 6. The van der Waals surface area contributed by atoms with Crippen LogP contribution in [0.3, 0.4) is 0 Å². The summed E-state index contributed by atoms with van der Waals surface area (Å²) < 4.78 is 0. The zero-order valence-electron chi connectivity index (χ0n) is 10.0. The van der Waals surface area contributed by atoms with Crippen LogP contribution in [0.4, 0.5) is 17.5 Å². The summed E-state index contributed by atoms with van der Waals surface area (Å²) >= 11 is 5.90. The lowest BCUT2D eigenvalue weighted by atomic mass is 10.1. The van der Waals surface area contributed by atoms with Crippen LogP contribution in [0, 0.1) is 5.92 Å². The Morgan fingerprint density at radius 2 is 2.32 bits per heavy atom. The van der Waals surface area contributed by atoms with Gasteiger partial charge in [0.25, 0.3) is 0 Å². The molecule has 8 heteroatoms. The number of aromatic nitrogens is 2. The second-order valence-electron chi connectivity index (χ2n) is 4.17. The minimum Gasteiger partial charge on any atom is -0.396 e.